The van der Waals surface area contributed by atoms with Gasteiger partial charge in [-0.1, -0.05) is 6.07 Å². The van der Waals surface area contributed by atoms with Crippen molar-refractivity contribution in [1.82, 2.24) is 4.72 Å². The van der Waals surface area contributed by atoms with Crippen LogP contribution in [-0.2, 0) is 14.8 Å². The molecular weight excluding hydrogens is 396 g/mol. The molecule has 1 heterocycles. The van der Waals surface area contributed by atoms with Crippen LogP contribution in [0.3, 0.4) is 0 Å². The van der Waals surface area contributed by atoms with E-state index in [0.29, 0.717) is 17.4 Å². The largest absolute Gasteiger partial charge is 0.494 e. The number of amides is 1. The second-order valence-electron chi connectivity index (χ2n) is 6.95. The molecule has 0 radical (unpaired) electrons. The molecule has 1 amide bonds. The summed E-state index contributed by atoms with van der Waals surface area (Å²) in [5.74, 6) is 1.05. The first kappa shape index (κ1) is 20.8. The SMILES string of the molecule is CCOc1ccc(NC(=O)C2CCC(CNS(=O)(=O)c3cccs3)CC2)cc1. The minimum atomic E-state index is -3.42. The lowest BCUT2D eigenvalue weighted by molar-refractivity contribution is -0.121. The summed E-state index contributed by atoms with van der Waals surface area (Å²) in [7, 11) is -3.42. The number of rotatable bonds is 8. The van der Waals surface area contributed by atoms with E-state index in [2.05, 4.69) is 10.0 Å². The van der Waals surface area contributed by atoms with Gasteiger partial charge in [-0.3, -0.25) is 4.79 Å². The Balaban J connectivity index is 1.43. The first-order valence-electron chi connectivity index (χ1n) is 9.55. The first-order valence-corrected chi connectivity index (χ1v) is 11.9. The van der Waals surface area contributed by atoms with Gasteiger partial charge in [-0.05, 0) is 74.2 Å². The number of hydrogen-bond donors (Lipinski definition) is 2. The Bertz CT molecular complexity index is 856. The van der Waals surface area contributed by atoms with Crippen molar-refractivity contribution in [3.05, 3.63) is 41.8 Å². The van der Waals surface area contributed by atoms with Gasteiger partial charge in [0.1, 0.15) is 9.96 Å². The van der Waals surface area contributed by atoms with E-state index in [0.717, 1.165) is 37.1 Å². The zero-order valence-electron chi connectivity index (χ0n) is 15.9. The van der Waals surface area contributed by atoms with Crippen LogP contribution in [0.2, 0.25) is 0 Å². The van der Waals surface area contributed by atoms with Crippen LogP contribution in [0.5, 0.6) is 5.75 Å². The minimum absolute atomic E-state index is 0.0294. The molecular formula is C20H26N2O4S2. The smallest absolute Gasteiger partial charge is 0.250 e. The third-order valence-electron chi connectivity index (χ3n) is 4.97. The fourth-order valence-electron chi connectivity index (χ4n) is 3.39. The van der Waals surface area contributed by atoms with Crippen molar-refractivity contribution in [2.75, 3.05) is 18.5 Å². The van der Waals surface area contributed by atoms with Crippen LogP contribution in [0.4, 0.5) is 5.69 Å². The van der Waals surface area contributed by atoms with Crippen LogP contribution in [-0.4, -0.2) is 27.5 Å². The Hall–Kier alpha value is -1.90. The number of benzene rings is 1. The van der Waals surface area contributed by atoms with E-state index in [9.17, 15) is 13.2 Å². The normalized spacial score (nSPS) is 19.9. The molecule has 28 heavy (non-hydrogen) atoms. The summed E-state index contributed by atoms with van der Waals surface area (Å²) in [5.41, 5.74) is 0.763. The third kappa shape index (κ3) is 5.56. The van der Waals surface area contributed by atoms with Crippen LogP contribution < -0.4 is 14.8 Å². The van der Waals surface area contributed by atoms with Crippen molar-refractivity contribution in [1.29, 1.82) is 0 Å². The van der Waals surface area contributed by atoms with E-state index in [1.54, 1.807) is 17.5 Å². The maximum atomic E-state index is 12.5. The maximum absolute atomic E-state index is 12.5. The van der Waals surface area contributed by atoms with Gasteiger partial charge in [-0.2, -0.15) is 0 Å². The van der Waals surface area contributed by atoms with Gasteiger partial charge in [0.2, 0.25) is 15.9 Å². The number of nitrogens with one attached hydrogen (secondary N) is 2. The van der Waals surface area contributed by atoms with E-state index in [-0.39, 0.29) is 17.7 Å². The highest BCUT2D eigenvalue weighted by Gasteiger charge is 2.27. The number of carbonyl (C=O) groups is 1. The van der Waals surface area contributed by atoms with Gasteiger partial charge in [-0.15, -0.1) is 11.3 Å². The monoisotopic (exact) mass is 422 g/mol. The number of thiophene rings is 1. The average Bonchev–Trinajstić information content (AvgIpc) is 3.24. The van der Waals surface area contributed by atoms with E-state index in [1.807, 2.05) is 31.2 Å². The molecule has 0 bridgehead atoms. The molecule has 0 spiro atoms. The summed E-state index contributed by atoms with van der Waals surface area (Å²) in [6, 6.07) is 10.7. The zero-order valence-corrected chi connectivity index (χ0v) is 17.5. The molecule has 2 aromatic rings. The second kappa shape index (κ2) is 9.54. The molecule has 0 aliphatic heterocycles. The van der Waals surface area contributed by atoms with E-state index in [4.69, 9.17) is 4.74 Å². The summed E-state index contributed by atoms with van der Waals surface area (Å²) in [4.78, 5) is 12.5. The van der Waals surface area contributed by atoms with Crippen LogP contribution in [0.15, 0.2) is 46.0 Å². The second-order valence-corrected chi connectivity index (χ2v) is 9.89. The number of sulfonamides is 1. The highest BCUT2D eigenvalue weighted by Crippen LogP contribution is 2.30. The van der Waals surface area contributed by atoms with Crippen LogP contribution in [0.1, 0.15) is 32.6 Å². The van der Waals surface area contributed by atoms with Crippen molar-refractivity contribution < 1.29 is 17.9 Å². The van der Waals surface area contributed by atoms with Gasteiger partial charge in [0, 0.05) is 18.2 Å². The summed E-state index contributed by atoms with van der Waals surface area (Å²) >= 11 is 1.21. The molecule has 152 valence electrons. The molecule has 1 aliphatic rings. The predicted octanol–water partition coefficient (Wildman–Crippen LogP) is 3.87. The zero-order chi connectivity index (χ0) is 20.0. The Morgan fingerprint density at radius 1 is 1.14 bits per heavy atom. The Morgan fingerprint density at radius 2 is 1.86 bits per heavy atom. The molecule has 6 nitrogen and oxygen atoms in total. The van der Waals surface area contributed by atoms with Crippen molar-refractivity contribution in [2.24, 2.45) is 11.8 Å². The quantitative estimate of drug-likeness (QED) is 0.676. The summed E-state index contributed by atoms with van der Waals surface area (Å²) in [6.07, 6.45) is 3.23. The lowest BCUT2D eigenvalue weighted by Crippen LogP contribution is -2.33. The van der Waals surface area contributed by atoms with E-state index in [1.165, 1.54) is 11.3 Å². The number of carbonyl (C=O) groups excluding carboxylic acids is 1. The summed E-state index contributed by atoms with van der Waals surface area (Å²) in [5, 5.41) is 4.72. The van der Waals surface area contributed by atoms with Gasteiger partial charge in [-0.25, -0.2) is 13.1 Å². The van der Waals surface area contributed by atoms with Crippen molar-refractivity contribution >= 4 is 33.0 Å². The van der Waals surface area contributed by atoms with Gasteiger partial charge in [0.05, 0.1) is 6.61 Å². The van der Waals surface area contributed by atoms with Crippen molar-refractivity contribution in [2.45, 2.75) is 36.8 Å². The Labute approximate surface area is 170 Å². The van der Waals surface area contributed by atoms with Crippen molar-refractivity contribution in [3.63, 3.8) is 0 Å². The number of ether oxygens (including phenoxy) is 1. The molecule has 0 saturated heterocycles. The maximum Gasteiger partial charge on any atom is 0.250 e. The Morgan fingerprint density at radius 3 is 2.46 bits per heavy atom. The lowest BCUT2D eigenvalue weighted by Gasteiger charge is -2.27. The molecule has 1 aromatic carbocycles. The summed E-state index contributed by atoms with van der Waals surface area (Å²) < 4.78 is 32.9. The molecule has 1 aliphatic carbocycles. The third-order valence-corrected chi connectivity index (χ3v) is 7.79. The van der Waals surface area contributed by atoms with Gasteiger partial charge in [0.15, 0.2) is 0 Å². The Kier molecular flexibility index (Phi) is 7.09. The molecule has 8 heteroatoms. The molecule has 1 aromatic heterocycles. The molecule has 1 fully saturated rings. The standard InChI is InChI=1S/C20H26N2O4S2/c1-2-26-18-11-9-17(10-12-18)22-20(23)16-7-5-15(6-8-16)14-21-28(24,25)19-4-3-13-27-19/h3-4,9-13,15-16,21H,2,5-8,14H2,1H3,(H,22,23). The fraction of sp³-hybridized carbons (Fsp3) is 0.450. The predicted molar refractivity (Wildman–Crippen MR) is 111 cm³/mol. The average molecular weight is 423 g/mol. The van der Waals surface area contributed by atoms with Crippen molar-refractivity contribution in [3.8, 4) is 5.75 Å². The topological polar surface area (TPSA) is 84.5 Å². The van der Waals surface area contributed by atoms with Gasteiger partial charge < -0.3 is 10.1 Å². The summed E-state index contributed by atoms with van der Waals surface area (Å²) in [6.45, 7) is 2.96. The highest BCUT2D eigenvalue weighted by molar-refractivity contribution is 7.91. The number of anilines is 1. The molecule has 0 atom stereocenters. The van der Waals surface area contributed by atoms with Crippen LogP contribution in [0.25, 0.3) is 0 Å². The molecule has 0 unspecified atom stereocenters. The molecule has 3 rings (SSSR count). The van der Waals surface area contributed by atoms with Crippen LogP contribution >= 0.6 is 11.3 Å². The molecule has 1 saturated carbocycles. The van der Waals surface area contributed by atoms with Gasteiger partial charge >= 0.3 is 0 Å². The molecule has 2 N–H and O–H groups in total. The highest BCUT2D eigenvalue weighted by atomic mass is 32.2. The fourth-order valence-corrected chi connectivity index (χ4v) is 5.54. The van der Waals surface area contributed by atoms with Gasteiger partial charge in [0.25, 0.3) is 0 Å². The number of hydrogen-bond acceptors (Lipinski definition) is 5. The lowest BCUT2D eigenvalue weighted by atomic mass is 9.81. The van der Waals surface area contributed by atoms with E-state index >= 15 is 0 Å². The first-order chi connectivity index (χ1) is 13.5. The van der Waals surface area contributed by atoms with Crippen LogP contribution in [0, 0.1) is 11.8 Å². The minimum Gasteiger partial charge on any atom is -0.494 e. The van der Waals surface area contributed by atoms with E-state index < -0.39 is 10.0 Å².